The number of methoxy groups -OCH3 is 1. The highest BCUT2D eigenvalue weighted by molar-refractivity contribution is 5.76. The minimum Gasteiger partial charge on any atom is -0.497 e. The number of aryl methyl sites for hydroxylation is 1. The van der Waals surface area contributed by atoms with E-state index < -0.39 is 0 Å². The van der Waals surface area contributed by atoms with E-state index in [1.54, 1.807) is 19.5 Å². The average Bonchev–Trinajstić information content (AvgIpc) is 3.27. The van der Waals surface area contributed by atoms with Crippen LogP contribution in [0.15, 0.2) is 53.3 Å². The Hall–Kier alpha value is -3.42. The quantitative estimate of drug-likeness (QED) is 0.636. The van der Waals surface area contributed by atoms with E-state index in [1.165, 1.54) is 0 Å². The zero-order valence-corrected chi connectivity index (χ0v) is 16.3. The number of aromatic nitrogens is 3. The van der Waals surface area contributed by atoms with Gasteiger partial charge in [0.1, 0.15) is 5.75 Å². The Labute approximate surface area is 169 Å². The van der Waals surface area contributed by atoms with Crippen LogP contribution < -0.4 is 9.64 Å². The molecule has 8 heteroatoms. The van der Waals surface area contributed by atoms with Crippen LogP contribution in [0.3, 0.4) is 0 Å². The number of anilines is 1. The van der Waals surface area contributed by atoms with E-state index in [-0.39, 0.29) is 5.91 Å². The first kappa shape index (κ1) is 18.9. The summed E-state index contributed by atoms with van der Waals surface area (Å²) < 4.78 is 10.5. The molecule has 3 aromatic rings. The number of carbonyl (C=O) groups is 1. The zero-order chi connectivity index (χ0) is 20.1. The Kier molecular flexibility index (Phi) is 5.69. The maximum Gasteiger partial charge on any atom is 0.227 e. The van der Waals surface area contributed by atoms with Gasteiger partial charge in [-0.05, 0) is 36.4 Å². The molecule has 150 valence electrons. The summed E-state index contributed by atoms with van der Waals surface area (Å²) in [5.74, 6) is 1.87. The topological polar surface area (TPSA) is 84.6 Å². The minimum absolute atomic E-state index is 0.114. The van der Waals surface area contributed by atoms with Gasteiger partial charge in [0.25, 0.3) is 0 Å². The Balaban J connectivity index is 1.27. The molecule has 0 N–H and O–H groups in total. The third kappa shape index (κ3) is 4.53. The van der Waals surface area contributed by atoms with Crippen LogP contribution in [0.1, 0.15) is 12.3 Å². The lowest BCUT2D eigenvalue weighted by Gasteiger charge is -2.36. The molecule has 1 aliphatic rings. The predicted octanol–water partition coefficient (Wildman–Crippen LogP) is 2.42. The summed E-state index contributed by atoms with van der Waals surface area (Å²) in [5.41, 5.74) is 1.99. The fourth-order valence-corrected chi connectivity index (χ4v) is 3.35. The van der Waals surface area contributed by atoms with Crippen LogP contribution in [0.2, 0.25) is 0 Å². The van der Waals surface area contributed by atoms with Gasteiger partial charge >= 0.3 is 0 Å². The van der Waals surface area contributed by atoms with E-state index in [1.807, 2.05) is 41.3 Å². The molecular weight excluding hydrogens is 370 g/mol. The smallest absolute Gasteiger partial charge is 0.227 e. The summed E-state index contributed by atoms with van der Waals surface area (Å²) in [4.78, 5) is 25.2. The molecule has 29 heavy (non-hydrogen) atoms. The van der Waals surface area contributed by atoms with Gasteiger partial charge < -0.3 is 19.1 Å². The highest BCUT2D eigenvalue weighted by Gasteiger charge is 2.21. The molecule has 0 aliphatic carbocycles. The molecule has 0 spiro atoms. The number of piperazine rings is 1. The first-order chi connectivity index (χ1) is 14.2. The van der Waals surface area contributed by atoms with Crippen molar-refractivity contribution in [3.05, 3.63) is 54.7 Å². The molecule has 0 saturated carbocycles. The van der Waals surface area contributed by atoms with Crippen molar-refractivity contribution >= 4 is 11.6 Å². The lowest BCUT2D eigenvalue weighted by Crippen LogP contribution is -2.48. The number of benzene rings is 1. The molecule has 1 aliphatic heterocycles. The highest BCUT2D eigenvalue weighted by Crippen LogP contribution is 2.20. The van der Waals surface area contributed by atoms with Gasteiger partial charge in [-0.25, -0.2) is 0 Å². The maximum absolute atomic E-state index is 12.6. The van der Waals surface area contributed by atoms with E-state index in [0.717, 1.165) is 30.1 Å². The van der Waals surface area contributed by atoms with Crippen molar-refractivity contribution in [1.82, 2.24) is 20.0 Å². The number of amides is 1. The highest BCUT2D eigenvalue weighted by atomic mass is 16.5. The SMILES string of the molecule is COc1ccc(-c2noc(CCC(=O)N3CCN(c4ccncc4)CC3)n2)cc1. The third-order valence-corrected chi connectivity index (χ3v) is 5.03. The Morgan fingerprint density at radius 1 is 1.07 bits per heavy atom. The van der Waals surface area contributed by atoms with Crippen molar-refractivity contribution < 1.29 is 14.1 Å². The van der Waals surface area contributed by atoms with Gasteiger partial charge in [0.05, 0.1) is 7.11 Å². The van der Waals surface area contributed by atoms with Crippen LogP contribution in [-0.2, 0) is 11.2 Å². The summed E-state index contributed by atoms with van der Waals surface area (Å²) in [6.07, 6.45) is 4.38. The molecule has 4 rings (SSSR count). The predicted molar refractivity (Wildman–Crippen MR) is 108 cm³/mol. The molecule has 1 aromatic carbocycles. The Morgan fingerprint density at radius 3 is 2.48 bits per heavy atom. The second-order valence-electron chi connectivity index (χ2n) is 6.81. The van der Waals surface area contributed by atoms with Crippen molar-refractivity contribution in [3.63, 3.8) is 0 Å². The normalized spacial score (nSPS) is 14.1. The molecule has 0 atom stereocenters. The fourth-order valence-electron chi connectivity index (χ4n) is 3.35. The Morgan fingerprint density at radius 2 is 1.79 bits per heavy atom. The maximum atomic E-state index is 12.6. The van der Waals surface area contributed by atoms with Gasteiger partial charge in [-0.15, -0.1) is 0 Å². The van der Waals surface area contributed by atoms with Crippen LogP contribution in [0.4, 0.5) is 5.69 Å². The van der Waals surface area contributed by atoms with Crippen LogP contribution in [0, 0.1) is 0 Å². The number of rotatable bonds is 6. The molecular formula is C21H23N5O3. The van der Waals surface area contributed by atoms with Gasteiger partial charge in [0.15, 0.2) is 0 Å². The molecule has 0 bridgehead atoms. The first-order valence-electron chi connectivity index (χ1n) is 9.63. The summed E-state index contributed by atoms with van der Waals surface area (Å²) in [6.45, 7) is 3.06. The van der Waals surface area contributed by atoms with Gasteiger partial charge in [-0.2, -0.15) is 4.98 Å². The summed E-state index contributed by atoms with van der Waals surface area (Å²) in [7, 11) is 1.62. The number of nitrogens with zero attached hydrogens (tertiary/aromatic N) is 5. The second kappa shape index (κ2) is 8.72. The summed E-state index contributed by atoms with van der Waals surface area (Å²) >= 11 is 0. The first-order valence-corrected chi connectivity index (χ1v) is 9.63. The molecule has 3 heterocycles. The van der Waals surface area contributed by atoms with Crippen LogP contribution in [0.25, 0.3) is 11.4 Å². The number of pyridine rings is 1. The zero-order valence-electron chi connectivity index (χ0n) is 16.3. The van der Waals surface area contributed by atoms with E-state index in [0.29, 0.717) is 37.6 Å². The standard InChI is InChI=1S/C21H23N5O3/c1-28-18-4-2-16(3-5-18)21-23-19(29-24-21)6-7-20(27)26-14-12-25(13-15-26)17-8-10-22-11-9-17/h2-5,8-11H,6-7,12-15H2,1H3. The van der Waals surface area contributed by atoms with E-state index in [9.17, 15) is 4.79 Å². The second-order valence-corrected chi connectivity index (χ2v) is 6.81. The van der Waals surface area contributed by atoms with Crippen molar-refractivity contribution in [1.29, 1.82) is 0 Å². The number of carbonyl (C=O) groups excluding carboxylic acids is 1. The molecule has 2 aromatic heterocycles. The van der Waals surface area contributed by atoms with Gasteiger partial charge in [0.2, 0.25) is 17.6 Å². The lowest BCUT2D eigenvalue weighted by atomic mass is 10.2. The van der Waals surface area contributed by atoms with Gasteiger partial charge in [0, 0.05) is 62.7 Å². The number of ether oxygens (including phenoxy) is 1. The van der Waals surface area contributed by atoms with Crippen molar-refractivity contribution in [2.24, 2.45) is 0 Å². The van der Waals surface area contributed by atoms with E-state index >= 15 is 0 Å². The number of hydrogen-bond acceptors (Lipinski definition) is 7. The summed E-state index contributed by atoms with van der Waals surface area (Å²) in [5, 5.41) is 4.01. The molecule has 0 radical (unpaired) electrons. The molecule has 8 nitrogen and oxygen atoms in total. The van der Waals surface area contributed by atoms with E-state index in [4.69, 9.17) is 9.26 Å². The number of hydrogen-bond donors (Lipinski definition) is 0. The lowest BCUT2D eigenvalue weighted by molar-refractivity contribution is -0.131. The third-order valence-electron chi connectivity index (χ3n) is 5.03. The largest absolute Gasteiger partial charge is 0.497 e. The summed E-state index contributed by atoms with van der Waals surface area (Å²) in [6, 6.07) is 11.4. The Bertz CT molecular complexity index is 934. The molecule has 1 saturated heterocycles. The van der Waals surface area contributed by atoms with Gasteiger partial charge in [-0.1, -0.05) is 5.16 Å². The minimum atomic E-state index is 0.114. The van der Waals surface area contributed by atoms with Crippen molar-refractivity contribution in [3.8, 4) is 17.1 Å². The monoisotopic (exact) mass is 393 g/mol. The van der Waals surface area contributed by atoms with Crippen molar-refractivity contribution in [2.45, 2.75) is 12.8 Å². The molecule has 1 amide bonds. The molecule has 0 unspecified atom stereocenters. The van der Waals surface area contributed by atoms with Gasteiger partial charge in [-0.3, -0.25) is 9.78 Å². The van der Waals surface area contributed by atoms with E-state index in [2.05, 4.69) is 20.0 Å². The van der Waals surface area contributed by atoms with Crippen molar-refractivity contribution in [2.75, 3.05) is 38.2 Å². The molecule has 1 fully saturated rings. The fraction of sp³-hybridized carbons (Fsp3) is 0.333. The van der Waals surface area contributed by atoms with Crippen LogP contribution in [-0.4, -0.2) is 59.2 Å². The van der Waals surface area contributed by atoms with Crippen LogP contribution >= 0.6 is 0 Å². The average molecular weight is 393 g/mol. The van der Waals surface area contributed by atoms with Crippen LogP contribution in [0.5, 0.6) is 5.75 Å².